The molecule has 0 saturated carbocycles. The van der Waals surface area contributed by atoms with Crippen molar-refractivity contribution in [3.63, 3.8) is 0 Å². The second kappa shape index (κ2) is 6.88. The Morgan fingerprint density at radius 2 is 1.92 bits per heavy atom. The fourth-order valence-corrected chi connectivity index (χ4v) is 4.79. The highest BCUT2D eigenvalue weighted by Gasteiger charge is 2.26. The van der Waals surface area contributed by atoms with Crippen molar-refractivity contribution < 1.29 is 23.1 Å². The van der Waals surface area contributed by atoms with Gasteiger partial charge in [0.2, 0.25) is 10.0 Å². The zero-order valence-electron chi connectivity index (χ0n) is 13.7. The van der Waals surface area contributed by atoms with Crippen LogP contribution in [-0.2, 0) is 16.6 Å². The Labute approximate surface area is 144 Å². The number of ether oxygens (including phenoxy) is 1. The van der Waals surface area contributed by atoms with Crippen molar-refractivity contribution in [1.29, 1.82) is 0 Å². The lowest BCUT2D eigenvalue weighted by molar-refractivity contribution is 0.0691. The van der Waals surface area contributed by atoms with E-state index in [-0.39, 0.29) is 17.1 Å². The molecule has 0 saturated heterocycles. The summed E-state index contributed by atoms with van der Waals surface area (Å²) in [5.41, 5.74) is 1.09. The molecule has 1 heterocycles. The molecule has 0 amide bonds. The van der Waals surface area contributed by atoms with Crippen LogP contribution in [0.3, 0.4) is 0 Å². The first-order valence-electron chi connectivity index (χ1n) is 6.96. The van der Waals surface area contributed by atoms with E-state index in [1.54, 1.807) is 26.0 Å². The molecular formula is C15H18N2O5S2. The van der Waals surface area contributed by atoms with E-state index >= 15 is 0 Å². The van der Waals surface area contributed by atoms with Crippen molar-refractivity contribution in [2.45, 2.75) is 25.3 Å². The van der Waals surface area contributed by atoms with Crippen molar-refractivity contribution in [3.05, 3.63) is 39.3 Å². The second-order valence-corrected chi connectivity index (χ2v) is 8.21. The summed E-state index contributed by atoms with van der Waals surface area (Å²) in [6, 6.07) is 3.33. The zero-order chi connectivity index (χ0) is 18.1. The van der Waals surface area contributed by atoms with Gasteiger partial charge in [-0.2, -0.15) is 4.31 Å². The van der Waals surface area contributed by atoms with Crippen molar-refractivity contribution in [1.82, 2.24) is 9.29 Å². The molecule has 0 atom stereocenters. The number of nitrogens with zero attached hydrogens (tertiary/aromatic N) is 2. The maximum atomic E-state index is 12.9. The average molecular weight is 370 g/mol. The van der Waals surface area contributed by atoms with Crippen LogP contribution in [0, 0.1) is 13.8 Å². The highest BCUT2D eigenvalue weighted by atomic mass is 32.2. The molecule has 0 spiro atoms. The van der Waals surface area contributed by atoms with Gasteiger partial charge in [0, 0.05) is 12.4 Å². The van der Waals surface area contributed by atoms with Crippen LogP contribution >= 0.6 is 11.3 Å². The maximum absolute atomic E-state index is 12.9. The molecule has 9 heteroatoms. The summed E-state index contributed by atoms with van der Waals surface area (Å²) in [4.78, 5) is 15.0. The minimum Gasteiger partial charge on any atom is -0.497 e. The smallest absolute Gasteiger partial charge is 0.355 e. The topological polar surface area (TPSA) is 96.8 Å². The quantitative estimate of drug-likeness (QED) is 0.838. The number of carboxylic acids is 1. The van der Waals surface area contributed by atoms with Gasteiger partial charge in [0.05, 0.1) is 18.6 Å². The van der Waals surface area contributed by atoms with Gasteiger partial charge in [-0.3, -0.25) is 0 Å². The number of rotatable bonds is 6. The van der Waals surface area contributed by atoms with Crippen LogP contribution in [0.4, 0.5) is 0 Å². The number of thiazole rings is 1. The van der Waals surface area contributed by atoms with Crippen LogP contribution in [0.5, 0.6) is 5.75 Å². The third-order valence-electron chi connectivity index (χ3n) is 3.47. The van der Waals surface area contributed by atoms with Gasteiger partial charge in [0.25, 0.3) is 0 Å². The fraction of sp³-hybridized carbons (Fsp3) is 0.333. The van der Waals surface area contributed by atoms with Gasteiger partial charge in [-0.05, 0) is 37.1 Å². The third-order valence-corrected chi connectivity index (χ3v) is 6.41. The largest absolute Gasteiger partial charge is 0.497 e. The van der Waals surface area contributed by atoms with E-state index in [1.807, 2.05) is 0 Å². The maximum Gasteiger partial charge on any atom is 0.355 e. The number of methoxy groups -OCH3 is 1. The lowest BCUT2D eigenvalue weighted by Gasteiger charge is -2.19. The molecule has 0 radical (unpaired) electrons. The molecule has 0 aliphatic carbocycles. The van der Waals surface area contributed by atoms with E-state index in [4.69, 9.17) is 9.84 Å². The Morgan fingerprint density at radius 3 is 2.38 bits per heavy atom. The average Bonchev–Trinajstić information content (AvgIpc) is 2.94. The Hall–Kier alpha value is -1.97. The number of aromatic carboxylic acids is 1. The van der Waals surface area contributed by atoms with E-state index in [0.29, 0.717) is 21.9 Å². The van der Waals surface area contributed by atoms with Crippen molar-refractivity contribution in [2.24, 2.45) is 0 Å². The van der Waals surface area contributed by atoms with Crippen LogP contribution in [0.25, 0.3) is 0 Å². The normalized spacial score (nSPS) is 11.7. The molecule has 130 valence electrons. The summed E-state index contributed by atoms with van der Waals surface area (Å²) in [5.74, 6) is -0.539. The Bertz CT molecular complexity index is 851. The third kappa shape index (κ3) is 3.58. The Balaban J connectivity index is 2.34. The number of hydrogen-bond donors (Lipinski definition) is 1. The summed E-state index contributed by atoms with van der Waals surface area (Å²) >= 11 is 1.11. The summed E-state index contributed by atoms with van der Waals surface area (Å²) < 4.78 is 32.0. The van der Waals surface area contributed by atoms with E-state index in [1.165, 1.54) is 23.8 Å². The number of carboxylic acid groups (broad SMARTS) is 1. The molecule has 1 aromatic carbocycles. The SMILES string of the molecule is COc1cc(C)c(S(=O)(=O)N(C)Cc2nc(C(=O)O)cs2)c(C)c1. The van der Waals surface area contributed by atoms with Gasteiger partial charge in [0.1, 0.15) is 10.8 Å². The number of aromatic nitrogens is 1. The monoisotopic (exact) mass is 370 g/mol. The van der Waals surface area contributed by atoms with E-state index < -0.39 is 16.0 Å². The van der Waals surface area contributed by atoms with Gasteiger partial charge < -0.3 is 9.84 Å². The summed E-state index contributed by atoms with van der Waals surface area (Å²) in [6.07, 6.45) is 0. The van der Waals surface area contributed by atoms with Crippen LogP contribution in [0.2, 0.25) is 0 Å². The van der Waals surface area contributed by atoms with Crippen molar-refractivity contribution in [3.8, 4) is 5.75 Å². The minimum absolute atomic E-state index is 0.00515. The highest BCUT2D eigenvalue weighted by molar-refractivity contribution is 7.89. The molecule has 1 aromatic heterocycles. The summed E-state index contributed by atoms with van der Waals surface area (Å²) in [6.45, 7) is 3.43. The number of carbonyl (C=O) groups is 1. The van der Waals surface area contributed by atoms with Crippen LogP contribution in [0.1, 0.15) is 26.6 Å². The van der Waals surface area contributed by atoms with E-state index in [9.17, 15) is 13.2 Å². The van der Waals surface area contributed by atoms with Crippen molar-refractivity contribution >= 4 is 27.3 Å². The number of benzene rings is 1. The number of aryl methyl sites for hydroxylation is 2. The Kier molecular flexibility index (Phi) is 5.26. The fourth-order valence-electron chi connectivity index (χ4n) is 2.35. The van der Waals surface area contributed by atoms with Gasteiger partial charge >= 0.3 is 5.97 Å². The lowest BCUT2D eigenvalue weighted by atomic mass is 10.1. The predicted octanol–water partition coefficient (Wildman–Crippen LogP) is 2.29. The molecule has 2 rings (SSSR count). The zero-order valence-corrected chi connectivity index (χ0v) is 15.4. The Morgan fingerprint density at radius 1 is 1.33 bits per heavy atom. The summed E-state index contributed by atoms with van der Waals surface area (Å²) in [5, 5.41) is 10.7. The first-order valence-corrected chi connectivity index (χ1v) is 9.28. The van der Waals surface area contributed by atoms with Crippen LogP contribution in [-0.4, -0.2) is 42.9 Å². The van der Waals surface area contributed by atoms with Gasteiger partial charge in [-0.15, -0.1) is 11.3 Å². The van der Waals surface area contributed by atoms with Gasteiger partial charge in [-0.1, -0.05) is 0 Å². The van der Waals surface area contributed by atoms with Crippen molar-refractivity contribution in [2.75, 3.05) is 14.2 Å². The van der Waals surface area contributed by atoms with Gasteiger partial charge in [-0.25, -0.2) is 18.2 Å². The molecule has 7 nitrogen and oxygen atoms in total. The number of hydrogen-bond acceptors (Lipinski definition) is 6. The van der Waals surface area contributed by atoms with Crippen LogP contribution in [0.15, 0.2) is 22.4 Å². The van der Waals surface area contributed by atoms with E-state index in [2.05, 4.69) is 4.98 Å². The molecular weight excluding hydrogens is 352 g/mol. The minimum atomic E-state index is -3.74. The second-order valence-electron chi connectivity index (χ2n) is 5.28. The molecule has 1 N–H and O–H groups in total. The number of sulfonamides is 1. The molecule has 0 unspecified atom stereocenters. The highest BCUT2D eigenvalue weighted by Crippen LogP contribution is 2.28. The molecule has 24 heavy (non-hydrogen) atoms. The lowest BCUT2D eigenvalue weighted by Crippen LogP contribution is -2.27. The van der Waals surface area contributed by atoms with Crippen LogP contribution < -0.4 is 4.74 Å². The first kappa shape index (κ1) is 18.4. The standard InChI is InChI=1S/C15H18N2O5S2/c1-9-5-11(22-4)6-10(2)14(9)24(20,21)17(3)7-13-16-12(8-23-13)15(18)19/h5-6,8H,7H2,1-4H3,(H,18,19). The van der Waals surface area contributed by atoms with E-state index in [0.717, 1.165) is 11.3 Å². The molecule has 0 fully saturated rings. The van der Waals surface area contributed by atoms with Gasteiger partial charge in [0.15, 0.2) is 5.69 Å². The molecule has 2 aromatic rings. The first-order chi connectivity index (χ1) is 11.2. The molecule has 0 aliphatic rings. The molecule has 0 bridgehead atoms. The predicted molar refractivity (Wildman–Crippen MR) is 90.2 cm³/mol. The summed E-state index contributed by atoms with van der Waals surface area (Å²) in [7, 11) is -0.768. The molecule has 0 aliphatic heterocycles.